The van der Waals surface area contributed by atoms with Gasteiger partial charge in [0.25, 0.3) is 0 Å². The van der Waals surface area contributed by atoms with E-state index in [4.69, 9.17) is 4.74 Å². The molecule has 0 spiro atoms. The smallest absolute Gasteiger partial charge is 0.0572 e. The number of unbranched alkanes of at least 4 members (excludes halogenated alkanes) is 4. The average molecular weight is 240 g/mol. The van der Waals surface area contributed by atoms with Crippen LogP contribution in [-0.4, -0.2) is 12.7 Å². The summed E-state index contributed by atoms with van der Waals surface area (Å²) in [6.07, 6.45) is 16.5. The van der Waals surface area contributed by atoms with Gasteiger partial charge in [-0.3, -0.25) is 0 Å². The minimum absolute atomic E-state index is 0.499. The Morgan fingerprint density at radius 2 is 1.59 bits per heavy atom. The van der Waals surface area contributed by atoms with Gasteiger partial charge in [0.05, 0.1) is 6.10 Å². The predicted octanol–water partition coefficient (Wildman–Crippen LogP) is 5.50. The molecule has 0 saturated heterocycles. The standard InChI is InChI=1S/C16H32O/c1-4-7-8-9-10-11-12-13-14-16(6-3)17-15-5-2/h9-10,16H,4-8,11-15H2,1-3H3. The van der Waals surface area contributed by atoms with Crippen molar-refractivity contribution in [2.45, 2.75) is 84.7 Å². The lowest BCUT2D eigenvalue weighted by Gasteiger charge is -2.15. The van der Waals surface area contributed by atoms with Crippen molar-refractivity contribution in [2.24, 2.45) is 0 Å². The van der Waals surface area contributed by atoms with Crippen LogP contribution in [0, 0.1) is 0 Å². The SMILES string of the molecule is CCCCC=CCCCCC(CC)OCCC. The van der Waals surface area contributed by atoms with Crippen molar-refractivity contribution >= 4 is 0 Å². The van der Waals surface area contributed by atoms with Crippen LogP contribution >= 0.6 is 0 Å². The van der Waals surface area contributed by atoms with Gasteiger partial charge in [-0.05, 0) is 38.5 Å². The van der Waals surface area contributed by atoms with E-state index < -0.39 is 0 Å². The first kappa shape index (κ1) is 16.7. The van der Waals surface area contributed by atoms with Gasteiger partial charge in [0.1, 0.15) is 0 Å². The second-order valence-corrected chi connectivity index (χ2v) is 4.80. The summed E-state index contributed by atoms with van der Waals surface area (Å²) in [7, 11) is 0. The lowest BCUT2D eigenvalue weighted by molar-refractivity contribution is 0.0437. The molecule has 0 aromatic carbocycles. The molecule has 1 nitrogen and oxygen atoms in total. The average Bonchev–Trinajstić information content (AvgIpc) is 2.36. The van der Waals surface area contributed by atoms with Gasteiger partial charge in [0.2, 0.25) is 0 Å². The van der Waals surface area contributed by atoms with Crippen molar-refractivity contribution in [3.05, 3.63) is 12.2 Å². The van der Waals surface area contributed by atoms with E-state index in [2.05, 4.69) is 32.9 Å². The number of ether oxygens (including phenoxy) is 1. The second kappa shape index (κ2) is 13.8. The molecule has 0 rings (SSSR count). The fourth-order valence-electron chi connectivity index (χ4n) is 1.88. The molecule has 0 radical (unpaired) electrons. The molecule has 1 atom stereocenters. The Morgan fingerprint density at radius 3 is 2.18 bits per heavy atom. The van der Waals surface area contributed by atoms with Crippen LogP contribution in [0.2, 0.25) is 0 Å². The van der Waals surface area contributed by atoms with Crippen molar-refractivity contribution < 1.29 is 4.74 Å². The van der Waals surface area contributed by atoms with Crippen LogP contribution in [0.1, 0.15) is 78.6 Å². The summed E-state index contributed by atoms with van der Waals surface area (Å²) in [6, 6.07) is 0. The van der Waals surface area contributed by atoms with Gasteiger partial charge < -0.3 is 4.74 Å². The summed E-state index contributed by atoms with van der Waals surface area (Å²) >= 11 is 0. The van der Waals surface area contributed by atoms with E-state index in [1.165, 1.54) is 44.9 Å². The zero-order chi connectivity index (χ0) is 12.8. The van der Waals surface area contributed by atoms with E-state index in [-0.39, 0.29) is 0 Å². The quantitative estimate of drug-likeness (QED) is 0.323. The Morgan fingerprint density at radius 1 is 0.882 bits per heavy atom. The van der Waals surface area contributed by atoms with Gasteiger partial charge in [-0.15, -0.1) is 0 Å². The van der Waals surface area contributed by atoms with Crippen LogP contribution in [0.15, 0.2) is 12.2 Å². The monoisotopic (exact) mass is 240 g/mol. The first-order chi connectivity index (χ1) is 8.35. The van der Waals surface area contributed by atoms with Crippen molar-refractivity contribution in [1.29, 1.82) is 0 Å². The van der Waals surface area contributed by atoms with Gasteiger partial charge in [-0.1, -0.05) is 52.2 Å². The van der Waals surface area contributed by atoms with Crippen molar-refractivity contribution in [1.82, 2.24) is 0 Å². The molecule has 0 aliphatic heterocycles. The molecule has 0 aromatic heterocycles. The third-order valence-corrected chi connectivity index (χ3v) is 3.05. The number of hydrogen-bond acceptors (Lipinski definition) is 1. The van der Waals surface area contributed by atoms with Crippen molar-refractivity contribution in [3.63, 3.8) is 0 Å². The van der Waals surface area contributed by atoms with Gasteiger partial charge in [-0.2, -0.15) is 0 Å². The normalized spacial score (nSPS) is 13.4. The molecule has 102 valence electrons. The van der Waals surface area contributed by atoms with E-state index in [9.17, 15) is 0 Å². The Hall–Kier alpha value is -0.300. The maximum Gasteiger partial charge on any atom is 0.0572 e. The molecule has 0 aliphatic carbocycles. The molecule has 0 heterocycles. The highest BCUT2D eigenvalue weighted by molar-refractivity contribution is 4.81. The zero-order valence-corrected chi connectivity index (χ0v) is 12.2. The number of allylic oxidation sites excluding steroid dienone is 2. The Kier molecular flexibility index (Phi) is 13.5. The predicted molar refractivity (Wildman–Crippen MR) is 77.5 cm³/mol. The van der Waals surface area contributed by atoms with Gasteiger partial charge in [0.15, 0.2) is 0 Å². The van der Waals surface area contributed by atoms with Crippen LogP contribution in [0.3, 0.4) is 0 Å². The molecule has 0 N–H and O–H groups in total. The van der Waals surface area contributed by atoms with Crippen molar-refractivity contribution in [2.75, 3.05) is 6.61 Å². The van der Waals surface area contributed by atoms with Crippen LogP contribution in [0.5, 0.6) is 0 Å². The highest BCUT2D eigenvalue weighted by Crippen LogP contribution is 2.11. The summed E-state index contributed by atoms with van der Waals surface area (Å²) in [5, 5.41) is 0. The fourth-order valence-corrected chi connectivity index (χ4v) is 1.88. The molecular formula is C16H32O. The third kappa shape index (κ3) is 12.0. The van der Waals surface area contributed by atoms with E-state index in [0.717, 1.165) is 19.4 Å². The Bertz CT molecular complexity index is 163. The highest BCUT2D eigenvalue weighted by atomic mass is 16.5. The lowest BCUT2D eigenvalue weighted by Crippen LogP contribution is -2.12. The van der Waals surface area contributed by atoms with Gasteiger partial charge in [0, 0.05) is 6.61 Å². The molecule has 0 saturated carbocycles. The minimum atomic E-state index is 0.499. The Balaban J connectivity index is 3.32. The van der Waals surface area contributed by atoms with E-state index in [0.29, 0.717) is 6.10 Å². The fraction of sp³-hybridized carbons (Fsp3) is 0.875. The molecule has 0 fully saturated rings. The number of rotatable bonds is 12. The van der Waals surface area contributed by atoms with E-state index >= 15 is 0 Å². The first-order valence-electron chi connectivity index (χ1n) is 7.61. The maximum atomic E-state index is 5.78. The summed E-state index contributed by atoms with van der Waals surface area (Å²) in [5.74, 6) is 0. The van der Waals surface area contributed by atoms with Crippen LogP contribution in [0.4, 0.5) is 0 Å². The first-order valence-corrected chi connectivity index (χ1v) is 7.61. The van der Waals surface area contributed by atoms with Gasteiger partial charge in [-0.25, -0.2) is 0 Å². The third-order valence-electron chi connectivity index (χ3n) is 3.05. The molecule has 0 bridgehead atoms. The largest absolute Gasteiger partial charge is 0.378 e. The molecule has 1 heteroatoms. The van der Waals surface area contributed by atoms with Crippen LogP contribution in [0.25, 0.3) is 0 Å². The molecule has 0 amide bonds. The molecule has 17 heavy (non-hydrogen) atoms. The molecular weight excluding hydrogens is 208 g/mol. The molecule has 1 unspecified atom stereocenters. The maximum absolute atomic E-state index is 5.78. The number of hydrogen-bond donors (Lipinski definition) is 0. The summed E-state index contributed by atoms with van der Waals surface area (Å²) in [5.41, 5.74) is 0. The van der Waals surface area contributed by atoms with Crippen molar-refractivity contribution in [3.8, 4) is 0 Å². The Labute approximate surface area is 109 Å². The van der Waals surface area contributed by atoms with Crippen LogP contribution < -0.4 is 0 Å². The molecule has 0 aliphatic rings. The van der Waals surface area contributed by atoms with Crippen LogP contribution in [-0.2, 0) is 4.74 Å². The summed E-state index contributed by atoms with van der Waals surface area (Å²) < 4.78 is 5.78. The van der Waals surface area contributed by atoms with Gasteiger partial charge >= 0.3 is 0 Å². The topological polar surface area (TPSA) is 9.23 Å². The van der Waals surface area contributed by atoms with E-state index in [1.807, 2.05) is 0 Å². The minimum Gasteiger partial charge on any atom is -0.378 e. The molecule has 0 aromatic rings. The highest BCUT2D eigenvalue weighted by Gasteiger charge is 2.04. The zero-order valence-electron chi connectivity index (χ0n) is 12.2. The van der Waals surface area contributed by atoms with E-state index in [1.54, 1.807) is 0 Å². The summed E-state index contributed by atoms with van der Waals surface area (Å²) in [6.45, 7) is 7.57. The summed E-state index contributed by atoms with van der Waals surface area (Å²) in [4.78, 5) is 0. The second-order valence-electron chi connectivity index (χ2n) is 4.80. The lowest BCUT2D eigenvalue weighted by atomic mass is 10.1.